The van der Waals surface area contributed by atoms with Gasteiger partial charge in [-0.15, -0.1) is 0 Å². The zero-order chi connectivity index (χ0) is 11.7. The fraction of sp³-hybridized carbons (Fsp3) is 0.833. The van der Waals surface area contributed by atoms with Crippen LogP contribution in [0.5, 0.6) is 0 Å². The largest absolute Gasteiger partial charge is 0.396 e. The van der Waals surface area contributed by atoms with Crippen molar-refractivity contribution in [3.8, 4) is 0 Å². The van der Waals surface area contributed by atoms with E-state index >= 15 is 0 Å². The molecule has 0 spiro atoms. The standard InChI is InChI=1S/C12H19NO3/c1-8-4-2-5-9-10(8)12(16)13(11(9)15)6-3-7-14/h8-10,14H,2-7H2,1H3. The highest BCUT2D eigenvalue weighted by Gasteiger charge is 2.50. The molecule has 16 heavy (non-hydrogen) atoms. The van der Waals surface area contributed by atoms with E-state index in [-0.39, 0.29) is 30.3 Å². The molecule has 4 heteroatoms. The van der Waals surface area contributed by atoms with E-state index in [1.807, 2.05) is 0 Å². The summed E-state index contributed by atoms with van der Waals surface area (Å²) in [4.78, 5) is 25.5. The van der Waals surface area contributed by atoms with Gasteiger partial charge in [0, 0.05) is 13.2 Å². The molecule has 2 rings (SSSR count). The van der Waals surface area contributed by atoms with Crippen molar-refractivity contribution in [3.63, 3.8) is 0 Å². The fourth-order valence-electron chi connectivity index (χ4n) is 3.05. The summed E-state index contributed by atoms with van der Waals surface area (Å²) in [6.07, 6.45) is 3.45. The normalized spacial score (nSPS) is 34.4. The van der Waals surface area contributed by atoms with Gasteiger partial charge in [0.25, 0.3) is 0 Å². The number of amides is 2. The van der Waals surface area contributed by atoms with Crippen LogP contribution in [0.1, 0.15) is 32.6 Å². The summed E-state index contributed by atoms with van der Waals surface area (Å²) in [5.41, 5.74) is 0. The molecule has 0 radical (unpaired) electrons. The van der Waals surface area contributed by atoms with Crippen LogP contribution in [0.3, 0.4) is 0 Å². The fourth-order valence-corrected chi connectivity index (χ4v) is 3.05. The van der Waals surface area contributed by atoms with Gasteiger partial charge in [0.1, 0.15) is 0 Å². The molecule has 0 aromatic rings. The van der Waals surface area contributed by atoms with Crippen molar-refractivity contribution in [1.29, 1.82) is 0 Å². The maximum atomic E-state index is 12.1. The van der Waals surface area contributed by atoms with E-state index in [1.165, 1.54) is 4.90 Å². The van der Waals surface area contributed by atoms with Crippen molar-refractivity contribution < 1.29 is 14.7 Å². The van der Waals surface area contributed by atoms with Crippen LogP contribution in [-0.4, -0.2) is 35.0 Å². The Hall–Kier alpha value is -0.900. The minimum Gasteiger partial charge on any atom is -0.396 e. The Labute approximate surface area is 95.6 Å². The van der Waals surface area contributed by atoms with Crippen LogP contribution in [-0.2, 0) is 9.59 Å². The van der Waals surface area contributed by atoms with Crippen LogP contribution in [0.2, 0.25) is 0 Å². The Bertz CT molecular complexity index is 303. The van der Waals surface area contributed by atoms with Crippen LogP contribution in [0.4, 0.5) is 0 Å². The third-order valence-corrected chi connectivity index (χ3v) is 3.90. The molecule has 0 bridgehead atoms. The third kappa shape index (κ3) is 1.75. The molecular weight excluding hydrogens is 206 g/mol. The van der Waals surface area contributed by atoms with Crippen molar-refractivity contribution in [2.45, 2.75) is 32.6 Å². The lowest BCUT2D eigenvalue weighted by Gasteiger charge is -2.27. The van der Waals surface area contributed by atoms with Crippen molar-refractivity contribution in [2.75, 3.05) is 13.2 Å². The topological polar surface area (TPSA) is 57.6 Å². The smallest absolute Gasteiger partial charge is 0.233 e. The highest BCUT2D eigenvalue weighted by atomic mass is 16.3. The van der Waals surface area contributed by atoms with Gasteiger partial charge in [-0.1, -0.05) is 13.3 Å². The van der Waals surface area contributed by atoms with Crippen LogP contribution in [0.25, 0.3) is 0 Å². The van der Waals surface area contributed by atoms with Gasteiger partial charge < -0.3 is 5.11 Å². The molecule has 1 N–H and O–H groups in total. The van der Waals surface area contributed by atoms with Crippen LogP contribution >= 0.6 is 0 Å². The molecule has 1 heterocycles. The summed E-state index contributed by atoms with van der Waals surface area (Å²) >= 11 is 0. The van der Waals surface area contributed by atoms with E-state index in [0.717, 1.165) is 19.3 Å². The Morgan fingerprint density at radius 1 is 1.31 bits per heavy atom. The first-order chi connectivity index (χ1) is 7.66. The molecular formula is C12H19NO3. The Kier molecular flexibility index (Phi) is 3.28. The van der Waals surface area contributed by atoms with Gasteiger partial charge in [-0.2, -0.15) is 0 Å². The number of fused-ring (bicyclic) bond motifs is 1. The lowest BCUT2D eigenvalue weighted by molar-refractivity contribution is -0.140. The van der Waals surface area contributed by atoms with Crippen LogP contribution in [0, 0.1) is 17.8 Å². The van der Waals surface area contributed by atoms with Gasteiger partial charge >= 0.3 is 0 Å². The van der Waals surface area contributed by atoms with Gasteiger partial charge in [0.2, 0.25) is 11.8 Å². The van der Waals surface area contributed by atoms with Crippen molar-refractivity contribution >= 4 is 11.8 Å². The molecule has 2 aliphatic rings. The average molecular weight is 225 g/mol. The summed E-state index contributed by atoms with van der Waals surface area (Å²) < 4.78 is 0. The predicted octanol–water partition coefficient (Wildman–Crippen LogP) is 0.790. The number of nitrogens with zero attached hydrogens (tertiary/aromatic N) is 1. The monoisotopic (exact) mass is 225 g/mol. The zero-order valence-corrected chi connectivity index (χ0v) is 9.69. The van der Waals surface area contributed by atoms with Gasteiger partial charge in [0.15, 0.2) is 0 Å². The number of aliphatic hydroxyl groups excluding tert-OH is 1. The molecule has 4 nitrogen and oxygen atoms in total. The molecule has 2 fully saturated rings. The second-order valence-electron chi connectivity index (χ2n) is 4.95. The lowest BCUT2D eigenvalue weighted by Crippen LogP contribution is -2.33. The van der Waals surface area contributed by atoms with Crippen LogP contribution in [0.15, 0.2) is 0 Å². The maximum absolute atomic E-state index is 12.1. The number of carbonyl (C=O) groups is 2. The Morgan fingerprint density at radius 3 is 2.69 bits per heavy atom. The number of hydrogen-bond acceptors (Lipinski definition) is 3. The molecule has 1 saturated carbocycles. The third-order valence-electron chi connectivity index (χ3n) is 3.90. The molecule has 0 aromatic carbocycles. The number of imide groups is 1. The average Bonchev–Trinajstić information content (AvgIpc) is 2.51. The number of rotatable bonds is 3. The van der Waals surface area contributed by atoms with E-state index in [1.54, 1.807) is 0 Å². The predicted molar refractivity (Wildman–Crippen MR) is 58.4 cm³/mol. The number of carbonyl (C=O) groups excluding carboxylic acids is 2. The van der Waals surface area contributed by atoms with Gasteiger partial charge in [0.05, 0.1) is 11.8 Å². The molecule has 90 valence electrons. The van der Waals surface area contributed by atoms with E-state index in [2.05, 4.69) is 6.92 Å². The van der Waals surface area contributed by atoms with E-state index in [9.17, 15) is 9.59 Å². The second kappa shape index (κ2) is 4.53. The molecule has 0 aromatic heterocycles. The summed E-state index contributed by atoms with van der Waals surface area (Å²) in [5, 5.41) is 8.76. The summed E-state index contributed by atoms with van der Waals surface area (Å²) in [6, 6.07) is 0. The first-order valence-corrected chi connectivity index (χ1v) is 6.13. The Balaban J connectivity index is 2.13. The highest BCUT2D eigenvalue weighted by Crippen LogP contribution is 2.41. The lowest BCUT2D eigenvalue weighted by atomic mass is 9.74. The minimum atomic E-state index is -0.0834. The van der Waals surface area contributed by atoms with E-state index < -0.39 is 0 Å². The molecule has 1 aliphatic heterocycles. The summed E-state index contributed by atoms with van der Waals surface area (Å²) in [7, 11) is 0. The number of likely N-dealkylation sites (tertiary alicyclic amines) is 1. The molecule has 3 atom stereocenters. The second-order valence-corrected chi connectivity index (χ2v) is 4.95. The first kappa shape index (κ1) is 11.6. The zero-order valence-electron chi connectivity index (χ0n) is 9.69. The minimum absolute atomic E-state index is 0.00403. The SMILES string of the molecule is CC1CCCC2C(=O)N(CCCO)C(=O)C12. The van der Waals surface area contributed by atoms with Crippen molar-refractivity contribution in [3.05, 3.63) is 0 Å². The highest BCUT2D eigenvalue weighted by molar-refractivity contribution is 6.05. The van der Waals surface area contributed by atoms with Crippen molar-refractivity contribution in [1.82, 2.24) is 4.90 Å². The van der Waals surface area contributed by atoms with Gasteiger partial charge in [-0.3, -0.25) is 14.5 Å². The molecule has 1 saturated heterocycles. The first-order valence-electron chi connectivity index (χ1n) is 6.13. The summed E-state index contributed by atoms with van der Waals surface area (Å²) in [5.74, 6) is 0.162. The molecule has 2 amide bonds. The maximum Gasteiger partial charge on any atom is 0.233 e. The van der Waals surface area contributed by atoms with Gasteiger partial charge in [-0.05, 0) is 25.2 Å². The molecule has 3 unspecified atom stereocenters. The Morgan fingerprint density at radius 2 is 2.06 bits per heavy atom. The van der Waals surface area contributed by atoms with Crippen molar-refractivity contribution in [2.24, 2.45) is 17.8 Å². The number of aliphatic hydroxyl groups is 1. The quantitative estimate of drug-likeness (QED) is 0.722. The van der Waals surface area contributed by atoms with E-state index in [0.29, 0.717) is 18.9 Å². The van der Waals surface area contributed by atoms with E-state index in [4.69, 9.17) is 5.11 Å². The van der Waals surface area contributed by atoms with Crippen LogP contribution < -0.4 is 0 Å². The van der Waals surface area contributed by atoms with Gasteiger partial charge in [-0.25, -0.2) is 0 Å². The molecule has 1 aliphatic carbocycles. The summed E-state index contributed by atoms with van der Waals surface area (Å²) in [6.45, 7) is 2.48. The number of hydrogen-bond donors (Lipinski definition) is 1.